The molecule has 1 heterocycles. The third-order valence-corrected chi connectivity index (χ3v) is 2.09. The Labute approximate surface area is 95.6 Å². The van der Waals surface area contributed by atoms with Gasteiger partial charge in [-0.25, -0.2) is 4.79 Å². The van der Waals surface area contributed by atoms with Crippen LogP contribution in [0.2, 0.25) is 0 Å². The molecule has 0 aliphatic carbocycles. The SMILES string of the molecule is CC1C=CN(C(=O)OC(C)(C)C)C=C1C=O. The third kappa shape index (κ3) is 3.22. The first-order chi connectivity index (χ1) is 7.33. The van der Waals surface area contributed by atoms with Crippen molar-refractivity contribution < 1.29 is 14.3 Å². The monoisotopic (exact) mass is 223 g/mol. The maximum atomic E-state index is 11.7. The van der Waals surface area contributed by atoms with E-state index in [9.17, 15) is 9.59 Å². The molecule has 0 radical (unpaired) electrons. The van der Waals surface area contributed by atoms with Crippen LogP contribution in [0.4, 0.5) is 4.79 Å². The van der Waals surface area contributed by atoms with Gasteiger partial charge in [0.05, 0.1) is 0 Å². The molecule has 1 rings (SSSR count). The Morgan fingerprint density at radius 1 is 1.50 bits per heavy atom. The number of hydrogen-bond donors (Lipinski definition) is 0. The van der Waals surface area contributed by atoms with Gasteiger partial charge >= 0.3 is 6.09 Å². The molecule has 0 saturated heterocycles. The van der Waals surface area contributed by atoms with Gasteiger partial charge in [-0.1, -0.05) is 13.0 Å². The van der Waals surface area contributed by atoms with Crippen LogP contribution in [0.15, 0.2) is 24.0 Å². The molecule has 1 aliphatic rings. The molecule has 0 saturated carbocycles. The second kappa shape index (κ2) is 4.51. The first kappa shape index (κ1) is 12.5. The van der Waals surface area contributed by atoms with Crippen molar-refractivity contribution in [1.82, 2.24) is 4.90 Å². The van der Waals surface area contributed by atoms with Crippen LogP contribution in [-0.4, -0.2) is 22.9 Å². The highest BCUT2D eigenvalue weighted by Gasteiger charge is 2.22. The van der Waals surface area contributed by atoms with Crippen molar-refractivity contribution in [3.8, 4) is 0 Å². The van der Waals surface area contributed by atoms with Crippen LogP contribution in [0.3, 0.4) is 0 Å². The molecule has 0 N–H and O–H groups in total. The summed E-state index contributed by atoms with van der Waals surface area (Å²) in [4.78, 5) is 23.7. The van der Waals surface area contributed by atoms with Gasteiger partial charge in [0, 0.05) is 23.9 Å². The zero-order chi connectivity index (χ0) is 12.3. The van der Waals surface area contributed by atoms with Crippen molar-refractivity contribution in [3.63, 3.8) is 0 Å². The van der Waals surface area contributed by atoms with Crippen LogP contribution in [-0.2, 0) is 9.53 Å². The first-order valence-electron chi connectivity index (χ1n) is 5.20. The number of carbonyl (C=O) groups excluding carboxylic acids is 2. The van der Waals surface area contributed by atoms with Gasteiger partial charge in [-0.05, 0) is 20.8 Å². The summed E-state index contributed by atoms with van der Waals surface area (Å²) in [6.45, 7) is 7.28. The number of amides is 1. The Balaban J connectivity index is 2.76. The van der Waals surface area contributed by atoms with Crippen LogP contribution < -0.4 is 0 Å². The van der Waals surface area contributed by atoms with Crippen molar-refractivity contribution in [2.24, 2.45) is 5.92 Å². The lowest BCUT2D eigenvalue weighted by Gasteiger charge is -2.25. The van der Waals surface area contributed by atoms with Crippen molar-refractivity contribution in [2.45, 2.75) is 33.3 Å². The predicted molar refractivity (Wildman–Crippen MR) is 60.5 cm³/mol. The molecule has 16 heavy (non-hydrogen) atoms. The molecule has 0 aromatic heterocycles. The first-order valence-corrected chi connectivity index (χ1v) is 5.20. The highest BCUT2D eigenvalue weighted by molar-refractivity contribution is 5.78. The normalized spacial score (nSPS) is 20.4. The van der Waals surface area contributed by atoms with Crippen molar-refractivity contribution in [2.75, 3.05) is 0 Å². The Morgan fingerprint density at radius 2 is 2.12 bits per heavy atom. The molecule has 0 aromatic carbocycles. The van der Waals surface area contributed by atoms with E-state index >= 15 is 0 Å². The maximum absolute atomic E-state index is 11.7. The number of rotatable bonds is 1. The molecule has 0 bridgehead atoms. The van der Waals surface area contributed by atoms with Gasteiger partial charge in [0.2, 0.25) is 0 Å². The highest BCUT2D eigenvalue weighted by atomic mass is 16.6. The van der Waals surface area contributed by atoms with Gasteiger partial charge in [0.25, 0.3) is 0 Å². The van der Waals surface area contributed by atoms with Crippen LogP contribution in [0.5, 0.6) is 0 Å². The number of nitrogens with zero attached hydrogens (tertiary/aromatic N) is 1. The molecular formula is C12H17NO3. The predicted octanol–water partition coefficient (Wildman–Crippen LogP) is 2.47. The zero-order valence-electron chi connectivity index (χ0n) is 10.1. The molecule has 0 spiro atoms. The molecule has 4 nitrogen and oxygen atoms in total. The quantitative estimate of drug-likeness (QED) is 0.641. The van der Waals surface area contributed by atoms with Gasteiger partial charge in [-0.15, -0.1) is 0 Å². The number of carbonyl (C=O) groups is 2. The molecule has 0 fully saturated rings. The van der Waals surface area contributed by atoms with Crippen molar-refractivity contribution in [1.29, 1.82) is 0 Å². The lowest BCUT2D eigenvalue weighted by molar-refractivity contribution is -0.105. The Bertz CT molecular complexity index is 350. The van der Waals surface area contributed by atoms with E-state index in [4.69, 9.17) is 4.74 Å². The summed E-state index contributed by atoms with van der Waals surface area (Å²) in [7, 11) is 0. The van der Waals surface area contributed by atoms with Crippen molar-refractivity contribution in [3.05, 3.63) is 24.0 Å². The van der Waals surface area contributed by atoms with Crippen LogP contribution in [0.25, 0.3) is 0 Å². The Hall–Kier alpha value is -1.58. The number of allylic oxidation sites excluding steroid dienone is 2. The van der Waals surface area contributed by atoms with E-state index < -0.39 is 11.7 Å². The second-order valence-corrected chi connectivity index (χ2v) is 4.76. The van der Waals surface area contributed by atoms with Crippen LogP contribution >= 0.6 is 0 Å². The molecule has 1 aliphatic heterocycles. The summed E-state index contributed by atoms with van der Waals surface area (Å²) in [5.41, 5.74) is 0.0248. The lowest BCUT2D eigenvalue weighted by atomic mass is 10.0. The molecule has 0 aromatic rings. The summed E-state index contributed by atoms with van der Waals surface area (Å²) in [5, 5.41) is 0. The summed E-state index contributed by atoms with van der Waals surface area (Å²) in [6.07, 6.45) is 5.19. The van der Waals surface area contributed by atoms with E-state index in [-0.39, 0.29) is 5.92 Å². The molecule has 1 unspecified atom stereocenters. The maximum Gasteiger partial charge on any atom is 0.418 e. The minimum atomic E-state index is -0.539. The molecule has 88 valence electrons. The summed E-state index contributed by atoms with van der Waals surface area (Å²) in [5.74, 6) is 0.0381. The lowest BCUT2D eigenvalue weighted by Crippen LogP contribution is -2.32. The van der Waals surface area contributed by atoms with Crippen LogP contribution in [0.1, 0.15) is 27.7 Å². The average molecular weight is 223 g/mol. The highest BCUT2D eigenvalue weighted by Crippen LogP contribution is 2.19. The molecule has 1 amide bonds. The van der Waals surface area contributed by atoms with Gasteiger partial charge in [-0.3, -0.25) is 9.69 Å². The molecule has 4 heteroatoms. The minimum Gasteiger partial charge on any atom is -0.443 e. The number of hydrogen-bond acceptors (Lipinski definition) is 3. The summed E-state index contributed by atoms with van der Waals surface area (Å²) >= 11 is 0. The number of ether oxygens (including phenoxy) is 1. The molecule has 1 atom stereocenters. The molecular weight excluding hydrogens is 206 g/mol. The standard InChI is InChI=1S/C12H17NO3/c1-9-5-6-13(7-10(9)8-14)11(15)16-12(2,3)4/h5-9H,1-4H3. The Kier molecular flexibility index (Phi) is 3.52. The van der Waals surface area contributed by atoms with E-state index in [2.05, 4.69) is 0 Å². The van der Waals surface area contributed by atoms with Gasteiger partial charge in [0.15, 0.2) is 0 Å². The van der Waals surface area contributed by atoms with Gasteiger partial charge in [-0.2, -0.15) is 0 Å². The van der Waals surface area contributed by atoms with Crippen molar-refractivity contribution >= 4 is 12.4 Å². The zero-order valence-corrected chi connectivity index (χ0v) is 10.1. The van der Waals surface area contributed by atoms with E-state index in [1.165, 1.54) is 11.1 Å². The largest absolute Gasteiger partial charge is 0.443 e. The van der Waals surface area contributed by atoms with Crippen LogP contribution in [0, 0.1) is 5.92 Å². The fourth-order valence-corrected chi connectivity index (χ4v) is 1.22. The van der Waals surface area contributed by atoms with E-state index in [1.54, 1.807) is 33.0 Å². The second-order valence-electron chi connectivity index (χ2n) is 4.76. The minimum absolute atomic E-state index is 0.0381. The fourth-order valence-electron chi connectivity index (χ4n) is 1.22. The summed E-state index contributed by atoms with van der Waals surface area (Å²) < 4.78 is 5.18. The van der Waals surface area contributed by atoms with E-state index in [0.717, 1.165) is 6.29 Å². The third-order valence-electron chi connectivity index (χ3n) is 2.09. The topological polar surface area (TPSA) is 46.6 Å². The van der Waals surface area contributed by atoms with E-state index in [0.29, 0.717) is 5.57 Å². The summed E-state index contributed by atoms with van der Waals surface area (Å²) in [6, 6.07) is 0. The van der Waals surface area contributed by atoms with E-state index in [1.807, 2.05) is 6.92 Å². The van der Waals surface area contributed by atoms with Gasteiger partial charge < -0.3 is 4.74 Å². The number of aldehydes is 1. The Morgan fingerprint density at radius 3 is 2.62 bits per heavy atom. The smallest absolute Gasteiger partial charge is 0.418 e. The van der Waals surface area contributed by atoms with Gasteiger partial charge in [0.1, 0.15) is 11.9 Å². The fraction of sp³-hybridized carbons (Fsp3) is 0.500. The average Bonchev–Trinajstić information content (AvgIpc) is 2.15.